The number of amides is 1. The summed E-state index contributed by atoms with van der Waals surface area (Å²) in [5, 5.41) is 12.0. The van der Waals surface area contributed by atoms with Gasteiger partial charge >= 0.3 is 0 Å². The first kappa shape index (κ1) is 21.4. The maximum absolute atomic E-state index is 13.9. The second kappa shape index (κ2) is 9.48. The zero-order valence-corrected chi connectivity index (χ0v) is 18.0. The third kappa shape index (κ3) is 4.48. The normalized spacial score (nSPS) is 12.2. The number of allylic oxidation sites excluding steroid dienone is 1. The van der Waals surface area contributed by atoms with Crippen LogP contribution in [-0.4, -0.2) is 10.5 Å². The van der Waals surface area contributed by atoms with E-state index in [1.807, 2.05) is 30.3 Å². The predicted octanol–water partition coefficient (Wildman–Crippen LogP) is 3.14. The molecule has 30 heavy (non-hydrogen) atoms. The molecule has 0 bridgehead atoms. The average Bonchev–Trinajstić information content (AvgIpc) is 3.02. The van der Waals surface area contributed by atoms with Crippen LogP contribution in [-0.2, 0) is 11.3 Å². The van der Waals surface area contributed by atoms with Crippen LogP contribution in [0.4, 0.5) is 10.1 Å². The van der Waals surface area contributed by atoms with E-state index in [2.05, 4.69) is 27.8 Å². The number of nitrogens with one attached hydrogen (secondary N) is 1. The van der Waals surface area contributed by atoms with Crippen LogP contribution in [0.3, 0.4) is 0 Å². The monoisotopic (exact) mass is 483 g/mol. The first-order valence-corrected chi connectivity index (χ1v) is 10.3. The maximum Gasteiger partial charge on any atom is 0.269 e. The fourth-order valence-corrected chi connectivity index (χ4v) is 4.18. The van der Waals surface area contributed by atoms with E-state index in [1.165, 1.54) is 28.8 Å². The van der Waals surface area contributed by atoms with Crippen LogP contribution in [0.1, 0.15) is 5.56 Å². The van der Waals surface area contributed by atoms with Crippen molar-refractivity contribution >= 4 is 50.5 Å². The summed E-state index contributed by atoms with van der Waals surface area (Å²) in [5.74, 6) is -1.42. The Morgan fingerprint density at radius 1 is 1.27 bits per heavy atom. The number of benzene rings is 2. The number of hydrogen-bond acceptors (Lipinski definition) is 4. The number of anilines is 1. The van der Waals surface area contributed by atoms with Gasteiger partial charge in [-0.1, -0.05) is 52.3 Å². The standard InChI is InChI=1S/C22H15BrFN3O2S/c1-2-11-27-21(29)19(12-14-7-3-4-8-16(14)23)30-22(27)15(13-25)20(28)26-18-10-6-5-9-17(18)24/h2-10,12H,1,11H2,(H,26,28). The number of aromatic nitrogens is 1. The van der Waals surface area contributed by atoms with Gasteiger partial charge in [0, 0.05) is 11.0 Å². The Balaban J connectivity index is 2.20. The minimum atomic E-state index is -0.797. The van der Waals surface area contributed by atoms with Gasteiger partial charge in [-0.25, -0.2) is 4.39 Å². The molecule has 2 aromatic carbocycles. The molecule has 1 heterocycles. The highest BCUT2D eigenvalue weighted by Gasteiger charge is 2.17. The molecule has 0 aliphatic carbocycles. The van der Waals surface area contributed by atoms with Crippen LogP contribution in [0.5, 0.6) is 0 Å². The summed E-state index contributed by atoms with van der Waals surface area (Å²) in [4.78, 5) is 25.6. The first-order chi connectivity index (χ1) is 14.5. The maximum atomic E-state index is 13.9. The van der Waals surface area contributed by atoms with Crippen molar-refractivity contribution in [1.82, 2.24) is 4.57 Å². The lowest BCUT2D eigenvalue weighted by Crippen LogP contribution is -2.33. The SMILES string of the molecule is C=CCn1c(=C(C#N)C(=O)Nc2ccccc2F)sc(=Cc2ccccc2Br)c1=O. The van der Waals surface area contributed by atoms with Crippen LogP contribution < -0.4 is 20.1 Å². The number of para-hydroxylation sites is 1. The number of nitrogens with zero attached hydrogens (tertiary/aromatic N) is 2. The number of carbonyl (C=O) groups is 1. The third-order valence-electron chi connectivity index (χ3n) is 4.09. The van der Waals surface area contributed by atoms with E-state index in [9.17, 15) is 19.2 Å². The lowest BCUT2D eigenvalue weighted by molar-refractivity contribution is -0.111. The Kier molecular flexibility index (Phi) is 6.77. The highest BCUT2D eigenvalue weighted by atomic mass is 79.9. The smallest absolute Gasteiger partial charge is 0.269 e. The van der Waals surface area contributed by atoms with Gasteiger partial charge in [0.15, 0.2) is 5.57 Å². The molecule has 0 aliphatic rings. The van der Waals surface area contributed by atoms with Gasteiger partial charge in [-0.05, 0) is 29.8 Å². The highest BCUT2D eigenvalue weighted by Crippen LogP contribution is 2.16. The van der Waals surface area contributed by atoms with Crippen molar-refractivity contribution in [2.24, 2.45) is 0 Å². The minimum Gasteiger partial charge on any atom is -0.319 e. The Hall–Kier alpha value is -3.28. The molecule has 3 rings (SSSR count). The molecule has 150 valence electrons. The Labute approximate surface area is 183 Å². The van der Waals surface area contributed by atoms with Gasteiger partial charge in [-0.15, -0.1) is 17.9 Å². The molecule has 0 aliphatic heterocycles. The van der Waals surface area contributed by atoms with Gasteiger partial charge < -0.3 is 5.32 Å². The van der Waals surface area contributed by atoms with E-state index in [4.69, 9.17) is 0 Å². The zero-order valence-electron chi connectivity index (χ0n) is 15.6. The van der Waals surface area contributed by atoms with Crippen molar-refractivity contribution in [2.75, 3.05) is 5.32 Å². The Bertz CT molecular complexity index is 1350. The molecule has 5 nitrogen and oxygen atoms in total. The number of halogens is 2. The topological polar surface area (TPSA) is 74.9 Å². The number of hydrogen-bond donors (Lipinski definition) is 1. The first-order valence-electron chi connectivity index (χ1n) is 8.73. The predicted molar refractivity (Wildman–Crippen MR) is 120 cm³/mol. The molecule has 0 fully saturated rings. The molecule has 0 spiro atoms. The summed E-state index contributed by atoms with van der Waals surface area (Å²) in [5.41, 5.74) is 0.0953. The van der Waals surface area contributed by atoms with Crippen LogP contribution in [0.25, 0.3) is 11.6 Å². The number of rotatable bonds is 5. The molecule has 0 saturated carbocycles. The minimum absolute atomic E-state index is 0.0515. The second-order valence-corrected chi connectivity index (χ2v) is 7.95. The van der Waals surface area contributed by atoms with Crippen molar-refractivity contribution in [3.8, 4) is 6.07 Å². The van der Waals surface area contributed by atoms with E-state index in [0.717, 1.165) is 21.4 Å². The molecule has 0 radical (unpaired) electrons. The summed E-state index contributed by atoms with van der Waals surface area (Å²) < 4.78 is 16.5. The average molecular weight is 484 g/mol. The molecule has 8 heteroatoms. The van der Waals surface area contributed by atoms with Crippen LogP contribution >= 0.6 is 27.3 Å². The molecule has 0 atom stereocenters. The van der Waals surface area contributed by atoms with E-state index in [1.54, 1.807) is 12.1 Å². The third-order valence-corrected chi connectivity index (χ3v) is 5.94. The van der Waals surface area contributed by atoms with Crippen molar-refractivity contribution in [1.29, 1.82) is 5.26 Å². The number of nitriles is 1. The van der Waals surface area contributed by atoms with Gasteiger partial charge in [0.1, 0.15) is 16.5 Å². The summed E-state index contributed by atoms with van der Waals surface area (Å²) >= 11 is 4.45. The van der Waals surface area contributed by atoms with Gasteiger partial charge in [-0.3, -0.25) is 14.2 Å². The van der Waals surface area contributed by atoms with E-state index >= 15 is 0 Å². The molecule has 0 saturated heterocycles. The van der Waals surface area contributed by atoms with E-state index in [0.29, 0.717) is 4.53 Å². The fraction of sp³-hybridized carbons (Fsp3) is 0.0455. The van der Waals surface area contributed by atoms with Crippen LogP contribution in [0, 0.1) is 17.1 Å². The lowest BCUT2D eigenvalue weighted by atomic mass is 10.2. The summed E-state index contributed by atoms with van der Waals surface area (Å²) in [6.45, 7) is 3.76. The molecule has 1 amide bonds. The van der Waals surface area contributed by atoms with Gasteiger partial charge in [0.2, 0.25) is 0 Å². The Morgan fingerprint density at radius 3 is 2.63 bits per heavy atom. The zero-order chi connectivity index (χ0) is 21.7. The molecule has 0 unspecified atom stereocenters. The largest absolute Gasteiger partial charge is 0.319 e. The number of carbonyl (C=O) groups excluding carboxylic acids is 1. The van der Waals surface area contributed by atoms with Gasteiger partial charge in [0.05, 0.1) is 10.2 Å². The fourth-order valence-electron chi connectivity index (χ4n) is 2.68. The van der Waals surface area contributed by atoms with Gasteiger partial charge in [0.25, 0.3) is 11.5 Å². The number of thiazole rings is 1. The highest BCUT2D eigenvalue weighted by molar-refractivity contribution is 9.10. The summed E-state index contributed by atoms with van der Waals surface area (Å²) in [6, 6.07) is 14.9. The van der Waals surface area contributed by atoms with E-state index in [-0.39, 0.29) is 28.0 Å². The molecule has 1 aromatic heterocycles. The van der Waals surface area contributed by atoms with Gasteiger partial charge in [-0.2, -0.15) is 5.26 Å². The van der Waals surface area contributed by atoms with Crippen molar-refractivity contribution in [3.63, 3.8) is 0 Å². The van der Waals surface area contributed by atoms with Crippen molar-refractivity contribution in [3.05, 3.63) is 96.6 Å². The molecular formula is C22H15BrFN3O2S. The molecular weight excluding hydrogens is 469 g/mol. The molecule has 1 N–H and O–H groups in total. The van der Waals surface area contributed by atoms with Crippen LogP contribution in [0.15, 0.2) is 70.5 Å². The van der Waals surface area contributed by atoms with E-state index < -0.39 is 11.7 Å². The molecule has 3 aromatic rings. The summed E-state index contributed by atoms with van der Waals surface area (Å²) in [6.07, 6.45) is 3.19. The van der Waals surface area contributed by atoms with Crippen LogP contribution in [0.2, 0.25) is 0 Å². The Morgan fingerprint density at radius 2 is 1.97 bits per heavy atom. The lowest BCUT2D eigenvalue weighted by Gasteiger charge is -2.05. The van der Waals surface area contributed by atoms with Crippen molar-refractivity contribution < 1.29 is 9.18 Å². The van der Waals surface area contributed by atoms with Crippen molar-refractivity contribution in [2.45, 2.75) is 6.54 Å². The summed E-state index contributed by atoms with van der Waals surface area (Å²) in [7, 11) is 0. The second-order valence-electron chi connectivity index (χ2n) is 6.06. The quantitative estimate of drug-likeness (QED) is 0.566.